The molecule has 128 valence electrons. The number of fused-ring (bicyclic) bond motifs is 1. The maximum Gasteiger partial charge on any atom is 0.337 e. The molecule has 0 aliphatic heterocycles. The van der Waals surface area contributed by atoms with Crippen LogP contribution in [0, 0.1) is 0 Å². The minimum absolute atomic E-state index is 0.120. The molecular formula is C19H13ClN4O2. The van der Waals surface area contributed by atoms with Gasteiger partial charge in [0, 0.05) is 34.7 Å². The Balaban J connectivity index is 1.71. The summed E-state index contributed by atoms with van der Waals surface area (Å²) in [7, 11) is 0. The molecule has 0 saturated heterocycles. The number of anilines is 2. The lowest BCUT2D eigenvalue weighted by Gasteiger charge is -2.11. The van der Waals surface area contributed by atoms with Gasteiger partial charge in [0.05, 0.1) is 23.0 Å². The summed E-state index contributed by atoms with van der Waals surface area (Å²) >= 11 is 5.90. The number of carboxylic acid groups (broad SMARTS) is 1. The van der Waals surface area contributed by atoms with Gasteiger partial charge in [-0.25, -0.2) is 9.78 Å². The monoisotopic (exact) mass is 364 g/mol. The summed E-state index contributed by atoms with van der Waals surface area (Å²) in [5.74, 6) is -0.307. The second-order valence-electron chi connectivity index (χ2n) is 5.64. The lowest BCUT2D eigenvalue weighted by Crippen LogP contribution is -2.02. The minimum Gasteiger partial charge on any atom is -0.478 e. The number of aromatic carboxylic acids is 1. The van der Waals surface area contributed by atoms with Crippen LogP contribution in [0.3, 0.4) is 0 Å². The van der Waals surface area contributed by atoms with Crippen molar-refractivity contribution < 1.29 is 9.90 Å². The molecule has 4 aromatic rings. The summed E-state index contributed by atoms with van der Waals surface area (Å²) in [6, 6.07) is 12.5. The van der Waals surface area contributed by atoms with Crippen molar-refractivity contribution in [3.8, 4) is 5.82 Å². The van der Waals surface area contributed by atoms with Crippen LogP contribution in [0.15, 0.2) is 67.3 Å². The highest BCUT2D eigenvalue weighted by Crippen LogP contribution is 2.28. The summed E-state index contributed by atoms with van der Waals surface area (Å²) in [4.78, 5) is 19.8. The Morgan fingerprint density at radius 1 is 1.12 bits per heavy atom. The number of carbonyl (C=O) groups is 1. The first-order valence-electron chi connectivity index (χ1n) is 7.79. The topological polar surface area (TPSA) is 80.0 Å². The van der Waals surface area contributed by atoms with Crippen LogP contribution in [-0.2, 0) is 0 Å². The van der Waals surface area contributed by atoms with E-state index in [0.717, 1.165) is 22.4 Å². The molecule has 0 amide bonds. The summed E-state index contributed by atoms with van der Waals surface area (Å²) in [5, 5.41) is 13.9. The normalized spacial score (nSPS) is 10.8. The number of rotatable bonds is 4. The smallest absolute Gasteiger partial charge is 0.337 e. The molecule has 0 aliphatic carbocycles. The van der Waals surface area contributed by atoms with Gasteiger partial charge in [-0.15, -0.1) is 0 Å². The summed E-state index contributed by atoms with van der Waals surface area (Å²) in [6.07, 6.45) is 6.89. The maximum absolute atomic E-state index is 11.4. The van der Waals surface area contributed by atoms with Gasteiger partial charge in [0.25, 0.3) is 0 Å². The van der Waals surface area contributed by atoms with Crippen LogP contribution < -0.4 is 5.32 Å². The predicted octanol–water partition coefficient (Wildman–Crippen LogP) is 4.52. The van der Waals surface area contributed by atoms with Gasteiger partial charge in [-0.3, -0.25) is 9.55 Å². The highest BCUT2D eigenvalue weighted by molar-refractivity contribution is 6.31. The highest BCUT2D eigenvalue weighted by atomic mass is 35.5. The number of hydrogen-bond donors (Lipinski definition) is 2. The van der Waals surface area contributed by atoms with Crippen molar-refractivity contribution in [2.45, 2.75) is 0 Å². The van der Waals surface area contributed by atoms with Crippen molar-refractivity contribution in [3.05, 3.63) is 77.8 Å². The zero-order valence-corrected chi connectivity index (χ0v) is 14.2. The van der Waals surface area contributed by atoms with E-state index in [9.17, 15) is 9.90 Å². The van der Waals surface area contributed by atoms with Crippen molar-refractivity contribution in [3.63, 3.8) is 0 Å². The number of hydrogen-bond acceptors (Lipinski definition) is 4. The third-order valence-corrected chi connectivity index (χ3v) is 4.21. The Morgan fingerprint density at radius 3 is 2.77 bits per heavy atom. The fourth-order valence-corrected chi connectivity index (χ4v) is 2.97. The Morgan fingerprint density at radius 2 is 2.00 bits per heavy atom. The molecule has 2 N–H and O–H groups in total. The van der Waals surface area contributed by atoms with Gasteiger partial charge in [0.15, 0.2) is 5.82 Å². The first-order valence-corrected chi connectivity index (χ1v) is 8.17. The van der Waals surface area contributed by atoms with Gasteiger partial charge in [-0.2, -0.15) is 0 Å². The van der Waals surface area contributed by atoms with Crippen molar-refractivity contribution in [1.82, 2.24) is 14.5 Å². The molecule has 0 unspecified atom stereocenters. The van der Waals surface area contributed by atoms with Crippen LogP contribution in [0.1, 0.15) is 10.4 Å². The Labute approximate surface area is 153 Å². The molecule has 0 spiro atoms. The first-order chi connectivity index (χ1) is 12.6. The molecule has 7 heteroatoms. The number of halogens is 1. The van der Waals surface area contributed by atoms with Gasteiger partial charge in [-0.1, -0.05) is 11.6 Å². The van der Waals surface area contributed by atoms with E-state index in [1.807, 2.05) is 35.0 Å². The van der Waals surface area contributed by atoms with E-state index < -0.39 is 5.97 Å². The van der Waals surface area contributed by atoms with Crippen LogP contribution in [0.5, 0.6) is 0 Å². The van der Waals surface area contributed by atoms with Crippen molar-refractivity contribution in [2.24, 2.45) is 0 Å². The lowest BCUT2D eigenvalue weighted by molar-refractivity contribution is 0.0698. The van der Waals surface area contributed by atoms with E-state index in [1.54, 1.807) is 30.7 Å². The van der Waals surface area contributed by atoms with E-state index in [2.05, 4.69) is 15.3 Å². The van der Waals surface area contributed by atoms with Gasteiger partial charge in [0.1, 0.15) is 0 Å². The Hall–Kier alpha value is -3.38. The Bertz CT molecular complexity index is 1110. The highest BCUT2D eigenvalue weighted by Gasteiger charge is 2.12. The molecule has 0 fully saturated rings. The molecule has 0 bridgehead atoms. The summed E-state index contributed by atoms with van der Waals surface area (Å²) in [6.45, 7) is 0. The van der Waals surface area contributed by atoms with Crippen LogP contribution in [-0.4, -0.2) is 25.6 Å². The molecule has 26 heavy (non-hydrogen) atoms. The van der Waals surface area contributed by atoms with E-state index in [1.165, 1.54) is 6.07 Å². The second-order valence-corrected chi connectivity index (χ2v) is 6.08. The van der Waals surface area contributed by atoms with Gasteiger partial charge in [-0.05, 0) is 42.5 Å². The van der Waals surface area contributed by atoms with Gasteiger partial charge >= 0.3 is 5.97 Å². The third kappa shape index (κ3) is 2.98. The first kappa shape index (κ1) is 16.1. The van der Waals surface area contributed by atoms with Crippen molar-refractivity contribution >= 4 is 39.8 Å². The standard InChI is InChI=1S/C19H13ClN4O2/c20-13-1-3-16(15(10-13)19(25)26)23-14-2-4-17-12(9-14)5-8-24(17)18-11-21-6-7-22-18/h1-11,23H,(H,25,26). The van der Waals surface area contributed by atoms with Crippen LogP contribution in [0.2, 0.25) is 5.02 Å². The minimum atomic E-state index is -1.04. The van der Waals surface area contributed by atoms with Crippen molar-refractivity contribution in [1.29, 1.82) is 0 Å². The molecule has 0 atom stereocenters. The molecule has 6 nitrogen and oxygen atoms in total. The number of nitrogens with zero attached hydrogens (tertiary/aromatic N) is 3. The lowest BCUT2D eigenvalue weighted by atomic mass is 10.1. The number of benzene rings is 2. The van der Waals surface area contributed by atoms with Gasteiger partial charge in [0.2, 0.25) is 0 Å². The molecular weight excluding hydrogens is 352 g/mol. The molecule has 0 aliphatic rings. The van der Waals surface area contributed by atoms with Crippen LogP contribution >= 0.6 is 11.6 Å². The Kier molecular flexibility index (Phi) is 4.02. The van der Waals surface area contributed by atoms with E-state index in [-0.39, 0.29) is 5.56 Å². The van der Waals surface area contributed by atoms with E-state index in [0.29, 0.717) is 10.7 Å². The summed E-state index contributed by atoms with van der Waals surface area (Å²) < 4.78 is 1.94. The van der Waals surface area contributed by atoms with Crippen molar-refractivity contribution in [2.75, 3.05) is 5.32 Å². The van der Waals surface area contributed by atoms with E-state index in [4.69, 9.17) is 11.6 Å². The number of nitrogens with one attached hydrogen (secondary N) is 1. The molecule has 2 heterocycles. The van der Waals surface area contributed by atoms with Crippen LogP contribution in [0.25, 0.3) is 16.7 Å². The largest absolute Gasteiger partial charge is 0.478 e. The van der Waals surface area contributed by atoms with Crippen LogP contribution in [0.4, 0.5) is 11.4 Å². The number of carboxylic acids is 1. The SMILES string of the molecule is O=C(O)c1cc(Cl)ccc1Nc1ccc2c(ccn2-c2cnccn2)c1. The predicted molar refractivity (Wildman–Crippen MR) is 101 cm³/mol. The fourth-order valence-electron chi connectivity index (χ4n) is 2.79. The zero-order valence-electron chi connectivity index (χ0n) is 13.4. The molecule has 0 radical (unpaired) electrons. The molecule has 2 aromatic carbocycles. The quantitative estimate of drug-likeness (QED) is 0.556. The third-order valence-electron chi connectivity index (χ3n) is 3.98. The zero-order chi connectivity index (χ0) is 18.1. The average molecular weight is 365 g/mol. The second kappa shape index (κ2) is 6.50. The van der Waals surface area contributed by atoms with E-state index >= 15 is 0 Å². The number of aromatic nitrogens is 3. The van der Waals surface area contributed by atoms with Gasteiger partial charge < -0.3 is 10.4 Å². The molecule has 2 aromatic heterocycles. The molecule has 0 saturated carbocycles. The fraction of sp³-hybridized carbons (Fsp3) is 0. The maximum atomic E-state index is 11.4. The average Bonchev–Trinajstić information content (AvgIpc) is 3.07. The molecule has 4 rings (SSSR count). The summed E-state index contributed by atoms with van der Waals surface area (Å²) in [5.41, 5.74) is 2.36.